The lowest BCUT2D eigenvalue weighted by Crippen LogP contribution is -2.50. The maximum atomic E-state index is 12.4. The van der Waals surface area contributed by atoms with Crippen LogP contribution in [0.5, 0.6) is 0 Å². The molecule has 98 valence electrons. The number of ketones is 1. The van der Waals surface area contributed by atoms with Gasteiger partial charge in [0.05, 0.1) is 5.92 Å². The summed E-state index contributed by atoms with van der Waals surface area (Å²) in [6.45, 7) is 1.98. The average Bonchev–Trinajstić information content (AvgIpc) is 2.87. The van der Waals surface area contributed by atoms with Crippen LogP contribution < -0.4 is 5.32 Å². The highest BCUT2D eigenvalue weighted by Gasteiger charge is 2.37. The summed E-state index contributed by atoms with van der Waals surface area (Å²) in [4.78, 5) is 23.8. The van der Waals surface area contributed by atoms with Crippen LogP contribution in [0.1, 0.15) is 13.3 Å². The van der Waals surface area contributed by atoms with E-state index < -0.39 is 6.04 Å². The topological polar surface area (TPSA) is 55.4 Å². The Kier molecular flexibility index (Phi) is 2.85. The number of amides is 1. The summed E-state index contributed by atoms with van der Waals surface area (Å²) in [6, 6.07) is -0.539. The lowest BCUT2D eigenvalue weighted by atomic mass is 9.86. The SMILES string of the molecule is CCC(=O)NC1COC2=CC3=CC=CC3=CC2C1=O. The summed E-state index contributed by atoms with van der Waals surface area (Å²) < 4.78 is 5.63. The molecule has 0 spiro atoms. The molecule has 4 nitrogen and oxygen atoms in total. The van der Waals surface area contributed by atoms with Crippen molar-refractivity contribution in [1.82, 2.24) is 5.32 Å². The molecule has 2 aliphatic carbocycles. The third kappa shape index (κ3) is 2.03. The van der Waals surface area contributed by atoms with Crippen LogP contribution in [-0.2, 0) is 14.3 Å². The molecule has 1 saturated heterocycles. The summed E-state index contributed by atoms with van der Waals surface area (Å²) in [6.07, 6.45) is 10.1. The number of Topliss-reactive ketones (excluding diaryl/α,β-unsaturated/α-hetero) is 1. The van der Waals surface area contributed by atoms with Crippen LogP contribution in [0.15, 0.2) is 47.3 Å². The van der Waals surface area contributed by atoms with Crippen molar-refractivity contribution in [3.63, 3.8) is 0 Å². The van der Waals surface area contributed by atoms with E-state index in [9.17, 15) is 9.59 Å². The summed E-state index contributed by atoms with van der Waals surface area (Å²) >= 11 is 0. The maximum Gasteiger partial charge on any atom is 0.220 e. The summed E-state index contributed by atoms with van der Waals surface area (Å²) in [5, 5.41) is 2.71. The number of nitrogens with one attached hydrogen (secondary N) is 1. The van der Waals surface area contributed by atoms with Gasteiger partial charge in [-0.2, -0.15) is 0 Å². The molecule has 1 heterocycles. The molecule has 1 N–H and O–H groups in total. The van der Waals surface area contributed by atoms with Crippen molar-refractivity contribution in [3.8, 4) is 0 Å². The number of allylic oxidation sites excluding steroid dienone is 7. The van der Waals surface area contributed by atoms with E-state index in [1.165, 1.54) is 0 Å². The summed E-state index contributed by atoms with van der Waals surface area (Å²) in [5.74, 6) is 0.196. The molecule has 4 heteroatoms. The lowest BCUT2D eigenvalue weighted by Gasteiger charge is -2.32. The Labute approximate surface area is 111 Å². The van der Waals surface area contributed by atoms with E-state index in [1.807, 2.05) is 30.4 Å². The van der Waals surface area contributed by atoms with Gasteiger partial charge in [-0.25, -0.2) is 0 Å². The Morgan fingerprint density at radius 2 is 2.32 bits per heavy atom. The number of carbonyl (C=O) groups excluding carboxylic acids is 2. The van der Waals surface area contributed by atoms with Gasteiger partial charge in [0.1, 0.15) is 18.4 Å². The van der Waals surface area contributed by atoms with Crippen LogP contribution in [0, 0.1) is 5.92 Å². The zero-order chi connectivity index (χ0) is 13.4. The van der Waals surface area contributed by atoms with Gasteiger partial charge in [0.25, 0.3) is 0 Å². The van der Waals surface area contributed by atoms with Gasteiger partial charge in [-0.1, -0.05) is 31.2 Å². The Balaban J connectivity index is 1.82. The molecule has 2 atom stereocenters. The molecule has 0 aromatic heterocycles. The van der Waals surface area contributed by atoms with Crippen LogP contribution in [0.3, 0.4) is 0 Å². The molecule has 19 heavy (non-hydrogen) atoms. The highest BCUT2D eigenvalue weighted by molar-refractivity contribution is 5.95. The normalized spacial score (nSPS) is 27.6. The second kappa shape index (κ2) is 4.53. The minimum absolute atomic E-state index is 0.00569. The average molecular weight is 257 g/mol. The first-order valence-corrected chi connectivity index (χ1v) is 6.47. The lowest BCUT2D eigenvalue weighted by molar-refractivity contribution is -0.133. The minimum Gasteiger partial charge on any atom is -0.494 e. The van der Waals surface area contributed by atoms with Crippen LogP contribution in [0.4, 0.5) is 0 Å². The third-order valence-corrected chi connectivity index (χ3v) is 3.56. The predicted octanol–water partition coefficient (Wildman–Crippen LogP) is 1.42. The van der Waals surface area contributed by atoms with E-state index in [-0.39, 0.29) is 24.2 Å². The van der Waals surface area contributed by atoms with Crippen molar-refractivity contribution >= 4 is 11.7 Å². The van der Waals surface area contributed by atoms with Gasteiger partial charge in [0.2, 0.25) is 5.91 Å². The summed E-state index contributed by atoms with van der Waals surface area (Å²) in [7, 11) is 0. The van der Waals surface area contributed by atoms with Crippen LogP contribution in [0.25, 0.3) is 0 Å². The van der Waals surface area contributed by atoms with Crippen LogP contribution >= 0.6 is 0 Å². The molecule has 3 aliphatic rings. The molecule has 0 saturated carbocycles. The van der Waals surface area contributed by atoms with E-state index in [4.69, 9.17) is 4.74 Å². The predicted molar refractivity (Wildman–Crippen MR) is 70.1 cm³/mol. The van der Waals surface area contributed by atoms with Gasteiger partial charge >= 0.3 is 0 Å². The molecule has 0 radical (unpaired) electrons. The zero-order valence-electron chi connectivity index (χ0n) is 10.7. The first-order valence-electron chi connectivity index (χ1n) is 6.47. The Bertz CT molecular complexity index is 566. The molecule has 1 aliphatic heterocycles. The fourth-order valence-electron chi connectivity index (χ4n) is 2.48. The third-order valence-electron chi connectivity index (χ3n) is 3.56. The van der Waals surface area contributed by atoms with Gasteiger partial charge < -0.3 is 10.1 Å². The fraction of sp³-hybridized carbons (Fsp3) is 0.333. The van der Waals surface area contributed by atoms with Gasteiger partial charge in [-0.15, -0.1) is 0 Å². The van der Waals surface area contributed by atoms with E-state index in [0.29, 0.717) is 12.2 Å². The van der Waals surface area contributed by atoms with Crippen LogP contribution in [-0.4, -0.2) is 24.3 Å². The summed E-state index contributed by atoms with van der Waals surface area (Å²) in [5.41, 5.74) is 2.13. The molecule has 1 fully saturated rings. The van der Waals surface area contributed by atoms with E-state index in [2.05, 4.69) is 5.32 Å². The number of ether oxygens (including phenoxy) is 1. The van der Waals surface area contributed by atoms with Crippen molar-refractivity contribution in [2.24, 2.45) is 5.92 Å². The number of carbonyl (C=O) groups is 2. The molecule has 1 amide bonds. The highest BCUT2D eigenvalue weighted by atomic mass is 16.5. The zero-order valence-corrected chi connectivity index (χ0v) is 10.7. The standard InChI is InChI=1S/C15H15NO3/c1-2-14(17)16-12-8-19-13-7-10-5-3-4-9(10)6-11(13)15(12)18/h3-7,11-12H,2,8H2,1H3,(H,16,17). The smallest absolute Gasteiger partial charge is 0.220 e. The molecule has 2 unspecified atom stereocenters. The molecule has 0 bridgehead atoms. The first kappa shape index (κ1) is 12.0. The van der Waals surface area contributed by atoms with Crippen molar-refractivity contribution < 1.29 is 14.3 Å². The molecule has 3 rings (SSSR count). The van der Waals surface area contributed by atoms with E-state index >= 15 is 0 Å². The van der Waals surface area contributed by atoms with Gasteiger partial charge in [-0.3, -0.25) is 9.59 Å². The largest absolute Gasteiger partial charge is 0.494 e. The number of rotatable bonds is 2. The fourth-order valence-corrected chi connectivity index (χ4v) is 2.48. The highest BCUT2D eigenvalue weighted by Crippen LogP contribution is 2.34. The number of hydrogen-bond donors (Lipinski definition) is 1. The van der Waals surface area contributed by atoms with Crippen molar-refractivity contribution in [1.29, 1.82) is 0 Å². The molecule has 0 aromatic carbocycles. The molecular weight excluding hydrogens is 242 g/mol. The van der Waals surface area contributed by atoms with Crippen molar-refractivity contribution in [2.75, 3.05) is 6.61 Å². The van der Waals surface area contributed by atoms with Crippen LogP contribution in [0.2, 0.25) is 0 Å². The van der Waals surface area contributed by atoms with E-state index in [0.717, 1.165) is 11.1 Å². The Morgan fingerprint density at radius 3 is 3.11 bits per heavy atom. The Morgan fingerprint density at radius 1 is 1.47 bits per heavy atom. The monoisotopic (exact) mass is 257 g/mol. The van der Waals surface area contributed by atoms with Gasteiger partial charge in [-0.05, 0) is 17.2 Å². The quantitative estimate of drug-likeness (QED) is 0.814. The first-order chi connectivity index (χ1) is 9.19. The number of hydrogen-bond acceptors (Lipinski definition) is 3. The minimum atomic E-state index is -0.539. The molecule has 0 aromatic rings. The van der Waals surface area contributed by atoms with E-state index in [1.54, 1.807) is 6.92 Å². The van der Waals surface area contributed by atoms with Gasteiger partial charge in [0, 0.05) is 6.42 Å². The second-order valence-corrected chi connectivity index (χ2v) is 4.81. The number of fused-ring (bicyclic) bond motifs is 2. The Hall–Kier alpha value is -2.10. The van der Waals surface area contributed by atoms with Gasteiger partial charge in [0.15, 0.2) is 5.78 Å². The maximum absolute atomic E-state index is 12.4. The van der Waals surface area contributed by atoms with Crippen molar-refractivity contribution in [2.45, 2.75) is 19.4 Å². The van der Waals surface area contributed by atoms with Crippen molar-refractivity contribution in [3.05, 3.63) is 47.3 Å². The second-order valence-electron chi connectivity index (χ2n) is 4.81. The molecular formula is C15H15NO3.